The van der Waals surface area contributed by atoms with Crippen molar-refractivity contribution in [2.75, 3.05) is 5.32 Å². The van der Waals surface area contributed by atoms with Crippen LogP contribution in [0.1, 0.15) is 33.3 Å². The Hall–Kier alpha value is -2.30. The van der Waals surface area contributed by atoms with Crippen LogP contribution in [0.5, 0.6) is 0 Å². The minimum absolute atomic E-state index is 0.264. The van der Waals surface area contributed by atoms with Crippen LogP contribution in [-0.2, 0) is 19.1 Å². The highest BCUT2D eigenvalue weighted by Crippen LogP contribution is 2.41. The molecule has 0 spiro atoms. The highest BCUT2D eigenvalue weighted by atomic mass is 16.7. The third kappa shape index (κ3) is 3.13. The Kier molecular flexibility index (Phi) is 4.00. The Bertz CT molecular complexity index is 625. The summed E-state index contributed by atoms with van der Waals surface area (Å²) in [6, 6.07) is 7.61. The largest absolute Gasteiger partial charge is 0.418 e. The number of carbonyl (C=O) groups excluding carboxylic acids is 2. The van der Waals surface area contributed by atoms with Gasteiger partial charge in [-0.15, -0.1) is 0 Å². The molecule has 118 valence electrons. The summed E-state index contributed by atoms with van der Waals surface area (Å²) in [6.07, 6.45) is 1.54. The molecule has 5 heteroatoms. The van der Waals surface area contributed by atoms with Crippen molar-refractivity contribution in [2.45, 2.75) is 40.4 Å². The fourth-order valence-electron chi connectivity index (χ4n) is 2.14. The number of aryl methyl sites for hydroxylation is 1. The SMILES string of the molecule is CC(=O)OC1(C(C)(C)C)C=C(Nc2ccc(C)cc2)C(=O)O1. The topological polar surface area (TPSA) is 64.6 Å². The average molecular weight is 303 g/mol. The molecule has 0 aliphatic carbocycles. The number of esters is 2. The lowest BCUT2D eigenvalue weighted by atomic mass is 9.85. The fraction of sp³-hybridized carbons (Fsp3) is 0.412. The van der Waals surface area contributed by atoms with Gasteiger partial charge in [0.25, 0.3) is 5.79 Å². The molecule has 2 rings (SSSR count). The van der Waals surface area contributed by atoms with Gasteiger partial charge in [0.05, 0.1) is 0 Å². The van der Waals surface area contributed by atoms with Gasteiger partial charge in [-0.1, -0.05) is 38.5 Å². The van der Waals surface area contributed by atoms with E-state index in [1.807, 2.05) is 52.0 Å². The minimum Gasteiger partial charge on any atom is -0.418 e. The second-order valence-corrected chi connectivity index (χ2v) is 6.45. The highest BCUT2D eigenvalue weighted by Gasteiger charge is 2.52. The van der Waals surface area contributed by atoms with Crippen LogP contribution in [0.3, 0.4) is 0 Å². The second kappa shape index (κ2) is 5.48. The average Bonchev–Trinajstić information content (AvgIpc) is 2.68. The smallest absolute Gasteiger partial charge is 0.358 e. The number of carbonyl (C=O) groups is 2. The molecule has 0 bridgehead atoms. The zero-order valence-electron chi connectivity index (χ0n) is 13.5. The molecule has 0 aromatic heterocycles. The molecular formula is C17H21NO4. The van der Waals surface area contributed by atoms with Crippen LogP contribution < -0.4 is 5.32 Å². The summed E-state index contributed by atoms with van der Waals surface area (Å²) in [4.78, 5) is 23.5. The minimum atomic E-state index is -1.40. The lowest BCUT2D eigenvalue weighted by Gasteiger charge is -2.36. The van der Waals surface area contributed by atoms with Crippen molar-refractivity contribution in [3.63, 3.8) is 0 Å². The van der Waals surface area contributed by atoms with Crippen molar-refractivity contribution in [1.29, 1.82) is 0 Å². The van der Waals surface area contributed by atoms with Crippen molar-refractivity contribution in [3.05, 3.63) is 41.6 Å². The molecule has 1 aliphatic heterocycles. The highest BCUT2D eigenvalue weighted by molar-refractivity contribution is 5.95. The third-order valence-electron chi connectivity index (χ3n) is 3.47. The Morgan fingerprint density at radius 3 is 2.32 bits per heavy atom. The fourth-order valence-corrected chi connectivity index (χ4v) is 2.14. The number of rotatable bonds is 3. The van der Waals surface area contributed by atoms with E-state index in [0.29, 0.717) is 0 Å². The number of ether oxygens (including phenoxy) is 2. The standard InChI is InChI=1S/C17H21NO4/c1-11-6-8-13(9-7-11)18-14-10-17(16(3,4)5,21-12(2)19)22-15(14)20/h6-10,18H,1-5H3. The number of cyclic esters (lactones) is 1. The Balaban J connectivity index is 2.32. The predicted molar refractivity (Wildman–Crippen MR) is 82.9 cm³/mol. The van der Waals surface area contributed by atoms with Gasteiger partial charge in [-0.2, -0.15) is 0 Å². The molecule has 1 heterocycles. The van der Waals surface area contributed by atoms with E-state index < -0.39 is 23.1 Å². The first-order chi connectivity index (χ1) is 10.1. The second-order valence-electron chi connectivity index (χ2n) is 6.45. The van der Waals surface area contributed by atoms with Gasteiger partial charge in [-0.25, -0.2) is 4.79 Å². The summed E-state index contributed by atoms with van der Waals surface area (Å²) < 4.78 is 10.7. The molecule has 1 atom stereocenters. The summed E-state index contributed by atoms with van der Waals surface area (Å²) in [5.41, 5.74) is 1.56. The molecule has 1 unspecified atom stereocenters. The van der Waals surface area contributed by atoms with Crippen LogP contribution in [0.25, 0.3) is 0 Å². The van der Waals surface area contributed by atoms with Crippen molar-refractivity contribution in [2.24, 2.45) is 5.41 Å². The number of anilines is 1. The van der Waals surface area contributed by atoms with Gasteiger partial charge in [-0.05, 0) is 19.1 Å². The van der Waals surface area contributed by atoms with Gasteiger partial charge < -0.3 is 14.8 Å². The molecule has 0 fully saturated rings. The first-order valence-corrected chi connectivity index (χ1v) is 7.12. The van der Waals surface area contributed by atoms with E-state index in [1.54, 1.807) is 0 Å². The Morgan fingerprint density at radius 2 is 1.82 bits per heavy atom. The summed E-state index contributed by atoms with van der Waals surface area (Å²) in [6.45, 7) is 8.80. The van der Waals surface area contributed by atoms with Gasteiger partial charge in [0.1, 0.15) is 5.70 Å². The van der Waals surface area contributed by atoms with Crippen molar-refractivity contribution < 1.29 is 19.1 Å². The van der Waals surface area contributed by atoms with Gasteiger partial charge in [0, 0.05) is 24.1 Å². The van der Waals surface area contributed by atoms with Crippen LogP contribution in [0, 0.1) is 12.3 Å². The number of hydrogen-bond acceptors (Lipinski definition) is 5. The van der Waals surface area contributed by atoms with Gasteiger partial charge in [-0.3, -0.25) is 4.79 Å². The summed E-state index contributed by atoms with van der Waals surface area (Å²) >= 11 is 0. The van der Waals surface area contributed by atoms with Crippen molar-refractivity contribution in [1.82, 2.24) is 0 Å². The number of benzene rings is 1. The van der Waals surface area contributed by atoms with E-state index >= 15 is 0 Å². The first kappa shape index (κ1) is 16.1. The zero-order valence-corrected chi connectivity index (χ0v) is 13.5. The van der Waals surface area contributed by atoms with Crippen molar-refractivity contribution in [3.8, 4) is 0 Å². The van der Waals surface area contributed by atoms with E-state index in [4.69, 9.17) is 9.47 Å². The maximum atomic E-state index is 12.1. The molecule has 1 N–H and O–H groups in total. The molecule has 1 aromatic rings. The van der Waals surface area contributed by atoms with Gasteiger partial charge >= 0.3 is 11.9 Å². The van der Waals surface area contributed by atoms with Gasteiger partial charge in [0.15, 0.2) is 0 Å². The third-order valence-corrected chi connectivity index (χ3v) is 3.47. The van der Waals surface area contributed by atoms with Crippen molar-refractivity contribution >= 4 is 17.6 Å². The quantitative estimate of drug-likeness (QED) is 0.869. The molecule has 0 saturated heterocycles. The maximum Gasteiger partial charge on any atom is 0.358 e. The number of nitrogens with one attached hydrogen (secondary N) is 1. The first-order valence-electron chi connectivity index (χ1n) is 7.12. The number of hydrogen-bond donors (Lipinski definition) is 1. The van der Waals surface area contributed by atoms with E-state index in [-0.39, 0.29) is 5.70 Å². The zero-order chi connectivity index (χ0) is 16.5. The Labute approximate surface area is 130 Å². The van der Waals surface area contributed by atoms with Crippen LogP contribution in [0.4, 0.5) is 5.69 Å². The van der Waals surface area contributed by atoms with E-state index in [2.05, 4.69) is 5.32 Å². The van der Waals surface area contributed by atoms with E-state index in [9.17, 15) is 9.59 Å². The summed E-state index contributed by atoms with van der Waals surface area (Å²) in [5, 5.41) is 3.01. The molecule has 0 saturated carbocycles. The summed E-state index contributed by atoms with van der Waals surface area (Å²) in [7, 11) is 0. The lowest BCUT2D eigenvalue weighted by Crippen LogP contribution is -2.46. The Morgan fingerprint density at radius 1 is 1.23 bits per heavy atom. The normalized spacial score (nSPS) is 21.1. The molecule has 1 aromatic carbocycles. The van der Waals surface area contributed by atoms with Crippen LogP contribution >= 0.6 is 0 Å². The molecule has 0 radical (unpaired) electrons. The van der Waals surface area contributed by atoms with Gasteiger partial charge in [0.2, 0.25) is 0 Å². The molecule has 0 amide bonds. The van der Waals surface area contributed by atoms with Crippen LogP contribution in [0.2, 0.25) is 0 Å². The summed E-state index contributed by atoms with van der Waals surface area (Å²) in [5.74, 6) is -2.45. The monoisotopic (exact) mass is 303 g/mol. The van der Waals surface area contributed by atoms with Crippen LogP contribution in [-0.4, -0.2) is 17.7 Å². The van der Waals surface area contributed by atoms with Crippen LogP contribution in [0.15, 0.2) is 36.0 Å². The molecule has 1 aliphatic rings. The molecular weight excluding hydrogens is 282 g/mol. The lowest BCUT2D eigenvalue weighted by molar-refractivity contribution is -0.232. The molecule has 5 nitrogen and oxygen atoms in total. The molecule has 22 heavy (non-hydrogen) atoms. The maximum absolute atomic E-state index is 12.1. The van der Waals surface area contributed by atoms with E-state index in [0.717, 1.165) is 11.3 Å². The van der Waals surface area contributed by atoms with E-state index in [1.165, 1.54) is 13.0 Å². The predicted octanol–water partition coefficient (Wildman–Crippen LogP) is 3.15.